The lowest BCUT2D eigenvalue weighted by Crippen LogP contribution is -3.00. The highest BCUT2D eigenvalue weighted by atomic mass is 127. The topological polar surface area (TPSA) is 46.1 Å². The van der Waals surface area contributed by atoms with Gasteiger partial charge in [0, 0.05) is 6.61 Å². The Morgan fingerprint density at radius 2 is 1.11 bits per heavy atom. The van der Waals surface area contributed by atoms with Gasteiger partial charge in [-0.2, -0.15) is 0 Å². The maximum atomic E-state index is 5.86. The molecule has 3 N–H and O–H groups in total. The molecule has 170 valence electrons. The second-order valence-electron chi connectivity index (χ2n) is 8.62. The highest BCUT2D eigenvalue weighted by molar-refractivity contribution is 4.72. The number of hydrogen-bond donors (Lipinski definition) is 1. The lowest BCUT2D eigenvalue weighted by atomic mass is 10.0. The summed E-state index contributed by atoms with van der Waals surface area (Å²) >= 11 is 0. The molecule has 0 aliphatic carbocycles. The van der Waals surface area contributed by atoms with E-state index in [2.05, 4.69) is 12.7 Å². The fraction of sp³-hybridized carbons (Fsp3) is 1.00. The highest BCUT2D eigenvalue weighted by Crippen LogP contribution is 2.19. The van der Waals surface area contributed by atoms with Crippen LogP contribution < -0.4 is 29.7 Å². The predicted octanol–water partition coefficient (Wildman–Crippen LogP) is 3.06. The normalized spacial score (nSPS) is 19.1. The zero-order valence-electron chi connectivity index (χ0n) is 18.9. The summed E-state index contributed by atoms with van der Waals surface area (Å²) in [5.74, 6) is 0. The maximum Gasteiger partial charge on any atom is 0.107 e. The summed E-state index contributed by atoms with van der Waals surface area (Å²) in [6.07, 6.45) is 25.7. The maximum absolute atomic E-state index is 5.86. The molecule has 0 aromatic carbocycles. The van der Waals surface area contributed by atoms with Crippen molar-refractivity contribution in [3.8, 4) is 0 Å². The van der Waals surface area contributed by atoms with E-state index in [1.54, 1.807) is 0 Å². The average Bonchev–Trinajstić information content (AvgIpc) is 3.15. The van der Waals surface area contributed by atoms with E-state index in [1.807, 2.05) is 0 Å². The van der Waals surface area contributed by atoms with Crippen molar-refractivity contribution in [1.29, 1.82) is 0 Å². The summed E-state index contributed by atoms with van der Waals surface area (Å²) in [6, 6.07) is 0. The second kappa shape index (κ2) is 22.3. The molecule has 0 aromatic rings. The van der Waals surface area contributed by atoms with Gasteiger partial charge >= 0.3 is 0 Å². The Hall–Kier alpha value is 0.610. The third-order valence-corrected chi connectivity index (χ3v) is 5.96. The van der Waals surface area contributed by atoms with Gasteiger partial charge in [-0.05, 0) is 19.3 Å². The van der Waals surface area contributed by atoms with Crippen LogP contribution in [0.5, 0.6) is 0 Å². The standard InChI is InChI=1S/C24H49NO2.HI/c1-2-3-4-5-6-7-8-9-10-11-12-13-14-15-16-17-20-26-22-24-19-18-23(21-25)27-24;/h23-24H,2-22,25H2,1H3;1H/t23-,24+;/m0./s1. The van der Waals surface area contributed by atoms with Crippen molar-refractivity contribution in [2.24, 2.45) is 0 Å². The summed E-state index contributed by atoms with van der Waals surface area (Å²) in [7, 11) is 0. The average molecular weight is 512 g/mol. The van der Waals surface area contributed by atoms with Gasteiger partial charge in [-0.15, -0.1) is 0 Å². The van der Waals surface area contributed by atoms with E-state index in [0.717, 1.165) is 32.6 Å². The van der Waals surface area contributed by atoms with Gasteiger partial charge in [-0.3, -0.25) is 0 Å². The molecule has 1 rings (SSSR count). The van der Waals surface area contributed by atoms with E-state index in [-0.39, 0.29) is 24.0 Å². The molecule has 0 radical (unpaired) electrons. The Kier molecular flexibility index (Phi) is 22.8. The summed E-state index contributed by atoms with van der Waals surface area (Å²) in [6.45, 7) is 4.89. The third-order valence-electron chi connectivity index (χ3n) is 5.96. The van der Waals surface area contributed by atoms with Gasteiger partial charge in [-0.1, -0.05) is 103 Å². The molecule has 1 heterocycles. The lowest BCUT2D eigenvalue weighted by molar-refractivity contribution is -0.385. The molecule has 3 nitrogen and oxygen atoms in total. The molecule has 0 aromatic heterocycles. The van der Waals surface area contributed by atoms with Gasteiger partial charge in [0.15, 0.2) is 0 Å². The van der Waals surface area contributed by atoms with Crippen LogP contribution in [0.1, 0.15) is 122 Å². The van der Waals surface area contributed by atoms with Crippen LogP contribution in [-0.4, -0.2) is 32.0 Å². The molecule has 0 spiro atoms. The van der Waals surface area contributed by atoms with Gasteiger partial charge in [-0.25, -0.2) is 0 Å². The molecular formula is C24H50INO2. The third kappa shape index (κ3) is 17.5. The Labute approximate surface area is 193 Å². The van der Waals surface area contributed by atoms with E-state index in [0.29, 0.717) is 12.2 Å². The molecule has 1 saturated heterocycles. The molecule has 0 amide bonds. The first kappa shape index (κ1) is 28.6. The molecule has 1 aliphatic heterocycles. The summed E-state index contributed by atoms with van der Waals surface area (Å²) in [4.78, 5) is 0. The van der Waals surface area contributed by atoms with Crippen LogP contribution >= 0.6 is 0 Å². The number of hydrogen-bond acceptors (Lipinski definition) is 2. The van der Waals surface area contributed by atoms with Crippen molar-refractivity contribution in [2.45, 2.75) is 135 Å². The van der Waals surface area contributed by atoms with Crippen LogP contribution in [0, 0.1) is 0 Å². The number of unbranched alkanes of at least 4 members (excludes halogenated alkanes) is 15. The number of halogens is 1. The van der Waals surface area contributed by atoms with Crippen molar-refractivity contribution < 1.29 is 39.2 Å². The zero-order valence-corrected chi connectivity index (χ0v) is 21.1. The van der Waals surface area contributed by atoms with Crippen LogP contribution in [0.25, 0.3) is 0 Å². The first-order valence-electron chi connectivity index (χ1n) is 12.4. The number of rotatable bonds is 20. The molecule has 1 fully saturated rings. The van der Waals surface area contributed by atoms with E-state index >= 15 is 0 Å². The zero-order chi connectivity index (χ0) is 19.4. The SMILES string of the molecule is CCCCCCCCCCCCCCCCCCOC[C@H]1CC[C@@H](C[NH3+])O1.[I-]. The molecule has 1 aliphatic rings. The minimum Gasteiger partial charge on any atom is -1.00 e. The molecule has 0 saturated carbocycles. The van der Waals surface area contributed by atoms with Gasteiger partial charge in [0.05, 0.1) is 12.7 Å². The molecule has 28 heavy (non-hydrogen) atoms. The molecule has 0 unspecified atom stereocenters. The Balaban J connectivity index is 0.00000729. The molecular weight excluding hydrogens is 461 g/mol. The van der Waals surface area contributed by atoms with Crippen LogP contribution in [0.15, 0.2) is 0 Å². The predicted molar refractivity (Wildman–Crippen MR) is 116 cm³/mol. The number of quaternary nitrogens is 1. The first-order valence-corrected chi connectivity index (χ1v) is 12.4. The van der Waals surface area contributed by atoms with Crippen molar-refractivity contribution in [3.05, 3.63) is 0 Å². The van der Waals surface area contributed by atoms with E-state index in [4.69, 9.17) is 9.47 Å². The Morgan fingerprint density at radius 1 is 0.679 bits per heavy atom. The van der Waals surface area contributed by atoms with E-state index in [1.165, 1.54) is 103 Å². The molecule has 4 heteroatoms. The van der Waals surface area contributed by atoms with Crippen LogP contribution in [-0.2, 0) is 9.47 Å². The monoisotopic (exact) mass is 511 g/mol. The van der Waals surface area contributed by atoms with E-state index < -0.39 is 0 Å². The smallest absolute Gasteiger partial charge is 0.107 e. The van der Waals surface area contributed by atoms with Crippen molar-refractivity contribution in [3.63, 3.8) is 0 Å². The van der Waals surface area contributed by atoms with Crippen LogP contribution in [0.2, 0.25) is 0 Å². The Bertz CT molecular complexity index is 304. The highest BCUT2D eigenvalue weighted by Gasteiger charge is 2.25. The molecule has 2 atom stereocenters. The Morgan fingerprint density at radius 3 is 1.54 bits per heavy atom. The fourth-order valence-electron chi connectivity index (χ4n) is 4.08. The van der Waals surface area contributed by atoms with Crippen molar-refractivity contribution >= 4 is 0 Å². The summed E-state index contributed by atoms with van der Waals surface area (Å²) in [5, 5.41) is 0. The minimum atomic E-state index is 0. The lowest BCUT2D eigenvalue weighted by Gasteiger charge is -2.11. The minimum absolute atomic E-state index is 0. The van der Waals surface area contributed by atoms with Gasteiger partial charge in [0.1, 0.15) is 12.6 Å². The number of ether oxygens (including phenoxy) is 2. The quantitative estimate of drug-likeness (QED) is 0.202. The van der Waals surface area contributed by atoms with Crippen molar-refractivity contribution in [2.75, 3.05) is 19.8 Å². The van der Waals surface area contributed by atoms with Gasteiger partial charge < -0.3 is 39.2 Å². The second-order valence-corrected chi connectivity index (χ2v) is 8.62. The largest absolute Gasteiger partial charge is 1.00 e. The van der Waals surface area contributed by atoms with Crippen LogP contribution in [0.3, 0.4) is 0 Å². The van der Waals surface area contributed by atoms with Crippen LogP contribution in [0.4, 0.5) is 0 Å². The fourth-order valence-corrected chi connectivity index (χ4v) is 4.08. The first-order chi connectivity index (χ1) is 13.4. The summed E-state index contributed by atoms with van der Waals surface area (Å²) < 4.78 is 11.6. The molecule has 0 bridgehead atoms. The summed E-state index contributed by atoms with van der Waals surface area (Å²) in [5.41, 5.74) is 3.92. The van der Waals surface area contributed by atoms with Crippen molar-refractivity contribution in [1.82, 2.24) is 0 Å². The van der Waals surface area contributed by atoms with Gasteiger partial charge in [0.25, 0.3) is 0 Å². The van der Waals surface area contributed by atoms with E-state index in [9.17, 15) is 0 Å². The van der Waals surface area contributed by atoms with Gasteiger partial charge in [0.2, 0.25) is 0 Å².